The van der Waals surface area contributed by atoms with Crippen LogP contribution in [0.25, 0.3) is 0 Å². The Morgan fingerprint density at radius 1 is 0.787 bits per heavy atom. The van der Waals surface area contributed by atoms with Gasteiger partial charge in [0.1, 0.15) is 17.5 Å². The van der Waals surface area contributed by atoms with E-state index in [1.54, 1.807) is 7.11 Å². The van der Waals surface area contributed by atoms with Crippen molar-refractivity contribution in [3.05, 3.63) is 0 Å². The van der Waals surface area contributed by atoms with Gasteiger partial charge < -0.3 is 41.5 Å². The van der Waals surface area contributed by atoms with Crippen LogP contribution in [0.5, 0.6) is 0 Å². The first-order valence-electron chi connectivity index (χ1n) is 25.6. The highest BCUT2D eigenvalue weighted by Gasteiger charge is 2.43. The molecule has 346 valence electrons. The summed E-state index contributed by atoms with van der Waals surface area (Å²) in [6, 6.07) is 0.298. The SMILES string of the molecule is COC1CC2CCC(=O)[C@@H]([C@H](O)CCC[C@H](CCCO)[C@H]3CN[C@@H]4CC(=O)CC[C@H]4C3)C#C[C@@H](CC[C@H](O)C[C@H](C3CCNC(N)C3)C3CCC4CCCCC4C3)C2CC1O. The first-order valence-corrected chi connectivity index (χ1v) is 25.6. The fraction of sp³-hybridized carbons (Fsp3) is 0.922. The van der Waals surface area contributed by atoms with Gasteiger partial charge >= 0.3 is 0 Å². The molecule has 2 heterocycles. The zero-order chi connectivity index (χ0) is 42.9. The van der Waals surface area contributed by atoms with Crippen molar-refractivity contribution in [2.45, 2.75) is 197 Å². The molecule has 0 aromatic heterocycles. The van der Waals surface area contributed by atoms with Crippen LogP contribution in [-0.2, 0) is 14.3 Å². The minimum atomic E-state index is -0.850. The fourth-order valence-electron chi connectivity index (χ4n) is 14.5. The molecule has 2 aliphatic heterocycles. The van der Waals surface area contributed by atoms with E-state index in [0.717, 1.165) is 82.7 Å². The Morgan fingerprint density at radius 3 is 2.36 bits per heavy atom. The molecule has 10 nitrogen and oxygen atoms in total. The van der Waals surface area contributed by atoms with Gasteiger partial charge in [-0.15, -0.1) is 0 Å². The third-order valence-electron chi connectivity index (χ3n) is 18.0. The van der Waals surface area contributed by atoms with Crippen LogP contribution in [0.4, 0.5) is 0 Å². The lowest BCUT2D eigenvalue weighted by atomic mass is 9.61. The number of aliphatic hydroxyl groups is 4. The van der Waals surface area contributed by atoms with Crippen molar-refractivity contribution in [3.63, 3.8) is 0 Å². The van der Waals surface area contributed by atoms with Gasteiger partial charge in [0.15, 0.2) is 0 Å². The summed E-state index contributed by atoms with van der Waals surface area (Å²) < 4.78 is 5.74. The predicted molar refractivity (Wildman–Crippen MR) is 239 cm³/mol. The summed E-state index contributed by atoms with van der Waals surface area (Å²) in [4.78, 5) is 26.0. The van der Waals surface area contributed by atoms with Gasteiger partial charge in [-0.25, -0.2) is 0 Å². The van der Waals surface area contributed by atoms with Gasteiger partial charge in [0.25, 0.3) is 0 Å². The highest BCUT2D eigenvalue weighted by Crippen LogP contribution is 2.49. The second-order valence-electron chi connectivity index (χ2n) is 21.6. The van der Waals surface area contributed by atoms with E-state index in [9.17, 15) is 30.0 Å². The molecule has 10 heteroatoms. The van der Waals surface area contributed by atoms with E-state index in [2.05, 4.69) is 22.5 Å². The molecule has 5 aliphatic carbocycles. The Kier molecular flexibility index (Phi) is 18.0. The first kappa shape index (κ1) is 47.5. The maximum atomic E-state index is 13.9. The fourth-order valence-corrected chi connectivity index (χ4v) is 14.5. The standard InChI is InChI=1S/C51H85N3O7/c1-61-50-26-37-16-20-48(59)43(47(58)10-4-8-32(9-5-23-55)40-25-39-14-18-42(57)29-46(39)54-31-40)19-15-34(45(37)30-49(50)60)13-17-41(56)28-44(38-21-22-53-51(52)27-38)36-12-11-33-6-2-3-7-35(33)24-36/h32-41,43-47,49-51,53-56,58,60H,2-14,16-18,20-31,52H2,1H3/t32-,33?,34-,35?,36?,37?,38?,39+,40-,41+,43-,44+,45?,46-,47-,49?,50?,51?/m1/s1. The van der Waals surface area contributed by atoms with Crippen LogP contribution in [0.15, 0.2) is 0 Å². The van der Waals surface area contributed by atoms with Crippen molar-refractivity contribution in [2.75, 3.05) is 26.8 Å². The van der Waals surface area contributed by atoms with Crippen LogP contribution in [0.3, 0.4) is 0 Å². The number of aliphatic hydroxyl groups excluding tert-OH is 4. The summed E-state index contributed by atoms with van der Waals surface area (Å²) in [7, 11) is 1.66. The highest BCUT2D eigenvalue weighted by molar-refractivity contribution is 5.84. The minimum Gasteiger partial charge on any atom is -0.396 e. The maximum absolute atomic E-state index is 13.9. The summed E-state index contributed by atoms with van der Waals surface area (Å²) in [5, 5.41) is 51.8. The average Bonchev–Trinajstić information content (AvgIpc) is 3.32. The van der Waals surface area contributed by atoms with Crippen molar-refractivity contribution in [1.82, 2.24) is 10.6 Å². The van der Waals surface area contributed by atoms with Gasteiger partial charge in [0, 0.05) is 44.9 Å². The minimum absolute atomic E-state index is 0.0152. The van der Waals surface area contributed by atoms with Crippen LogP contribution in [0, 0.1) is 82.9 Å². The normalized spacial score (nSPS) is 40.4. The molecule has 0 aromatic rings. The van der Waals surface area contributed by atoms with Crippen LogP contribution in [-0.4, -0.2) is 95.4 Å². The molecule has 0 bridgehead atoms. The van der Waals surface area contributed by atoms with Gasteiger partial charge in [-0.1, -0.05) is 50.4 Å². The molecule has 7 aliphatic rings. The molecule has 0 radical (unpaired) electrons. The number of fused-ring (bicyclic) bond motifs is 3. The summed E-state index contributed by atoms with van der Waals surface area (Å²) in [5.74, 6) is 11.6. The third kappa shape index (κ3) is 12.7. The number of ether oxygens (including phenoxy) is 1. The third-order valence-corrected chi connectivity index (χ3v) is 18.0. The number of hydrogen-bond donors (Lipinski definition) is 7. The quantitative estimate of drug-likeness (QED) is 0.0825. The molecule has 9 unspecified atom stereocenters. The number of Topliss-reactive ketones (excluding diaryl/α,β-unsaturated/α-hetero) is 2. The van der Waals surface area contributed by atoms with Gasteiger partial charge in [-0.2, -0.15) is 0 Å². The van der Waals surface area contributed by atoms with E-state index in [1.807, 2.05) is 0 Å². The molecule has 0 spiro atoms. The lowest BCUT2D eigenvalue weighted by Crippen LogP contribution is -2.50. The first-order chi connectivity index (χ1) is 29.6. The number of piperidine rings is 2. The Labute approximate surface area is 368 Å². The largest absolute Gasteiger partial charge is 0.396 e. The average molecular weight is 852 g/mol. The number of nitrogens with two attached hydrogens (primary N) is 1. The second kappa shape index (κ2) is 23.2. The molecule has 0 amide bonds. The summed E-state index contributed by atoms with van der Waals surface area (Å²) in [6.07, 6.45) is 21.2. The lowest BCUT2D eigenvalue weighted by Gasteiger charge is -2.46. The van der Waals surface area contributed by atoms with Crippen LogP contribution in [0.2, 0.25) is 0 Å². The lowest BCUT2D eigenvalue weighted by molar-refractivity contribution is -0.125. The Morgan fingerprint density at radius 2 is 1.56 bits per heavy atom. The number of methoxy groups -OCH3 is 1. The predicted octanol–water partition coefficient (Wildman–Crippen LogP) is 6.29. The van der Waals surface area contributed by atoms with E-state index in [4.69, 9.17) is 10.5 Å². The molecule has 61 heavy (non-hydrogen) atoms. The number of ketones is 2. The topological polar surface area (TPSA) is 174 Å². The zero-order valence-corrected chi connectivity index (χ0v) is 37.8. The maximum Gasteiger partial charge on any atom is 0.150 e. The monoisotopic (exact) mass is 852 g/mol. The Balaban J connectivity index is 1.01. The van der Waals surface area contributed by atoms with E-state index >= 15 is 0 Å². The van der Waals surface area contributed by atoms with Crippen molar-refractivity contribution in [2.24, 2.45) is 76.7 Å². The Bertz CT molecular complexity index is 1450. The van der Waals surface area contributed by atoms with E-state index < -0.39 is 24.2 Å². The van der Waals surface area contributed by atoms with Crippen molar-refractivity contribution in [3.8, 4) is 11.8 Å². The number of carbonyl (C=O) groups excluding carboxylic acids is 2. The molecule has 8 N–H and O–H groups in total. The van der Waals surface area contributed by atoms with Crippen LogP contribution >= 0.6 is 0 Å². The van der Waals surface area contributed by atoms with Gasteiger partial charge in [-0.05, 0) is 175 Å². The molecule has 18 atom stereocenters. The van der Waals surface area contributed by atoms with E-state index in [1.165, 1.54) is 44.9 Å². The van der Waals surface area contributed by atoms with Crippen molar-refractivity contribution < 1.29 is 34.8 Å². The number of nitrogens with one attached hydrogen (secondary N) is 2. The number of carbonyl (C=O) groups is 2. The molecule has 4 saturated carbocycles. The molecular weight excluding hydrogens is 767 g/mol. The van der Waals surface area contributed by atoms with Gasteiger partial charge in [0.2, 0.25) is 0 Å². The smallest absolute Gasteiger partial charge is 0.150 e. The molecule has 7 rings (SSSR count). The van der Waals surface area contributed by atoms with E-state index in [-0.39, 0.29) is 42.4 Å². The van der Waals surface area contributed by atoms with Crippen molar-refractivity contribution >= 4 is 11.6 Å². The summed E-state index contributed by atoms with van der Waals surface area (Å²) in [5.41, 5.74) is 6.49. The van der Waals surface area contributed by atoms with Crippen LogP contribution in [0.1, 0.15) is 161 Å². The zero-order valence-electron chi connectivity index (χ0n) is 37.8. The Hall–Kier alpha value is -1.42. The molecule has 2 saturated heterocycles. The molecule has 0 aromatic carbocycles. The molecule has 6 fully saturated rings. The number of hydrogen-bond acceptors (Lipinski definition) is 10. The molecular formula is C51H85N3O7. The number of rotatable bonds is 17. The van der Waals surface area contributed by atoms with Gasteiger partial charge in [-0.3, -0.25) is 9.59 Å². The summed E-state index contributed by atoms with van der Waals surface area (Å²) >= 11 is 0. The highest BCUT2D eigenvalue weighted by atomic mass is 16.5. The van der Waals surface area contributed by atoms with Gasteiger partial charge in [0.05, 0.1) is 30.6 Å². The summed E-state index contributed by atoms with van der Waals surface area (Å²) in [6.45, 7) is 2.01. The van der Waals surface area contributed by atoms with Crippen LogP contribution < -0.4 is 16.4 Å². The van der Waals surface area contributed by atoms with E-state index in [0.29, 0.717) is 105 Å². The second-order valence-corrected chi connectivity index (χ2v) is 21.6. The van der Waals surface area contributed by atoms with Crippen molar-refractivity contribution in [1.29, 1.82) is 0 Å².